The van der Waals surface area contributed by atoms with Gasteiger partial charge in [-0.15, -0.1) is 17.9 Å². The van der Waals surface area contributed by atoms with Crippen LogP contribution in [-0.2, 0) is 22.4 Å². The number of hydrogen-bond donors (Lipinski definition) is 0. The van der Waals surface area contributed by atoms with Crippen molar-refractivity contribution in [3.8, 4) is 0 Å². The highest BCUT2D eigenvalue weighted by molar-refractivity contribution is 7.10. The van der Waals surface area contributed by atoms with Crippen molar-refractivity contribution in [3.05, 3.63) is 106 Å². The van der Waals surface area contributed by atoms with E-state index in [0.717, 1.165) is 17.5 Å². The third kappa shape index (κ3) is 5.00. The number of aryl methyl sites for hydroxylation is 1. The van der Waals surface area contributed by atoms with E-state index >= 15 is 0 Å². The molecule has 0 bridgehead atoms. The minimum absolute atomic E-state index is 0.0217. The molecule has 1 aliphatic rings. The van der Waals surface area contributed by atoms with E-state index in [1.54, 1.807) is 22.3 Å². The molecule has 0 radical (unpaired) electrons. The molecular weight excluding hydrogens is 416 g/mol. The Balaban J connectivity index is 1.49. The zero-order chi connectivity index (χ0) is 22.3. The number of carbonyl (C=O) groups excluding carboxylic acids is 2. The lowest BCUT2D eigenvalue weighted by Crippen LogP contribution is -2.46. The van der Waals surface area contributed by atoms with Crippen LogP contribution in [0.1, 0.15) is 34.0 Å². The van der Waals surface area contributed by atoms with Crippen molar-refractivity contribution >= 4 is 23.2 Å². The van der Waals surface area contributed by atoms with Crippen LogP contribution in [0.5, 0.6) is 0 Å². The maximum atomic E-state index is 13.5. The first-order valence-electron chi connectivity index (χ1n) is 11.0. The molecule has 0 spiro atoms. The van der Waals surface area contributed by atoms with Gasteiger partial charge in [0.1, 0.15) is 6.54 Å². The van der Waals surface area contributed by atoms with Gasteiger partial charge in [0, 0.05) is 24.4 Å². The van der Waals surface area contributed by atoms with Gasteiger partial charge in [-0.3, -0.25) is 9.59 Å². The molecule has 2 amide bonds. The van der Waals surface area contributed by atoms with E-state index in [2.05, 4.69) is 30.2 Å². The van der Waals surface area contributed by atoms with Crippen molar-refractivity contribution in [1.82, 2.24) is 9.80 Å². The van der Waals surface area contributed by atoms with Crippen LogP contribution in [-0.4, -0.2) is 41.2 Å². The van der Waals surface area contributed by atoms with E-state index in [4.69, 9.17) is 0 Å². The van der Waals surface area contributed by atoms with Gasteiger partial charge in [-0.25, -0.2) is 0 Å². The van der Waals surface area contributed by atoms with E-state index in [1.807, 2.05) is 53.4 Å². The molecule has 1 aromatic heterocycles. The van der Waals surface area contributed by atoms with Crippen molar-refractivity contribution in [1.29, 1.82) is 0 Å². The van der Waals surface area contributed by atoms with Crippen LogP contribution >= 0.6 is 11.3 Å². The van der Waals surface area contributed by atoms with E-state index < -0.39 is 0 Å². The summed E-state index contributed by atoms with van der Waals surface area (Å²) in [6, 6.07) is 22.1. The molecule has 1 aliphatic heterocycles. The quantitative estimate of drug-likeness (QED) is 0.465. The third-order valence-electron chi connectivity index (χ3n) is 5.90. The fourth-order valence-corrected chi connectivity index (χ4v) is 5.20. The first-order valence-corrected chi connectivity index (χ1v) is 11.9. The Kier molecular flexibility index (Phi) is 7.17. The van der Waals surface area contributed by atoms with Gasteiger partial charge in [0.2, 0.25) is 11.8 Å². The van der Waals surface area contributed by atoms with Gasteiger partial charge in [0.25, 0.3) is 0 Å². The smallest absolute Gasteiger partial charge is 0.243 e. The molecule has 1 atom stereocenters. The summed E-state index contributed by atoms with van der Waals surface area (Å²) in [6.07, 6.45) is 3.58. The molecule has 3 aromatic rings. The second-order valence-electron chi connectivity index (χ2n) is 8.00. The zero-order valence-corrected chi connectivity index (χ0v) is 19.0. The van der Waals surface area contributed by atoms with Crippen molar-refractivity contribution < 1.29 is 9.59 Å². The summed E-state index contributed by atoms with van der Waals surface area (Å²) in [7, 11) is 0. The topological polar surface area (TPSA) is 40.6 Å². The zero-order valence-electron chi connectivity index (χ0n) is 18.2. The van der Waals surface area contributed by atoms with Crippen LogP contribution < -0.4 is 0 Å². The minimum atomic E-state index is -0.108. The Morgan fingerprint density at radius 2 is 1.78 bits per heavy atom. The van der Waals surface area contributed by atoms with Crippen LogP contribution in [0.4, 0.5) is 0 Å². The summed E-state index contributed by atoms with van der Waals surface area (Å²) < 4.78 is 0. The number of benzene rings is 2. The van der Waals surface area contributed by atoms with Crippen LogP contribution in [0.25, 0.3) is 0 Å². The molecule has 2 heterocycles. The van der Waals surface area contributed by atoms with Crippen molar-refractivity contribution in [2.24, 2.45) is 0 Å². The lowest BCUT2D eigenvalue weighted by Gasteiger charge is -2.37. The molecule has 0 aliphatic carbocycles. The highest BCUT2D eigenvalue weighted by Crippen LogP contribution is 2.37. The summed E-state index contributed by atoms with van der Waals surface area (Å²) in [5.41, 5.74) is 3.42. The molecule has 0 saturated heterocycles. The highest BCUT2D eigenvalue weighted by atomic mass is 32.1. The first-order chi connectivity index (χ1) is 15.7. The molecular formula is C27H28N2O2S. The molecule has 4 nitrogen and oxygen atoms in total. The van der Waals surface area contributed by atoms with Crippen LogP contribution in [0, 0.1) is 0 Å². The highest BCUT2D eigenvalue weighted by Gasteiger charge is 2.33. The largest absolute Gasteiger partial charge is 0.330 e. The van der Waals surface area contributed by atoms with Gasteiger partial charge in [0.05, 0.1) is 6.04 Å². The van der Waals surface area contributed by atoms with Crippen LogP contribution in [0.2, 0.25) is 0 Å². The minimum Gasteiger partial charge on any atom is -0.330 e. The number of carbonyl (C=O) groups is 2. The molecule has 1 unspecified atom stereocenters. The van der Waals surface area contributed by atoms with E-state index in [-0.39, 0.29) is 24.4 Å². The normalized spacial score (nSPS) is 15.1. The fourth-order valence-electron chi connectivity index (χ4n) is 4.30. The molecule has 2 aromatic carbocycles. The fraction of sp³-hybridized carbons (Fsp3) is 0.259. The summed E-state index contributed by atoms with van der Waals surface area (Å²) >= 11 is 1.75. The Morgan fingerprint density at radius 1 is 1.06 bits per heavy atom. The van der Waals surface area contributed by atoms with Crippen LogP contribution in [0.15, 0.2) is 84.8 Å². The van der Waals surface area contributed by atoms with Gasteiger partial charge in [0.15, 0.2) is 0 Å². The average molecular weight is 445 g/mol. The maximum absolute atomic E-state index is 13.5. The molecule has 32 heavy (non-hydrogen) atoms. The summed E-state index contributed by atoms with van der Waals surface area (Å²) in [5, 5.41) is 2.10. The van der Waals surface area contributed by atoms with Crippen molar-refractivity contribution in [2.45, 2.75) is 25.3 Å². The van der Waals surface area contributed by atoms with Gasteiger partial charge >= 0.3 is 0 Å². The van der Waals surface area contributed by atoms with Gasteiger partial charge in [-0.05, 0) is 41.0 Å². The number of hydrogen-bond acceptors (Lipinski definition) is 3. The van der Waals surface area contributed by atoms with Gasteiger partial charge in [-0.2, -0.15) is 0 Å². The number of rotatable bonds is 8. The molecule has 0 saturated carbocycles. The average Bonchev–Trinajstić information content (AvgIpc) is 3.31. The lowest BCUT2D eigenvalue weighted by molar-refractivity contribution is -0.141. The summed E-state index contributed by atoms with van der Waals surface area (Å²) in [5.74, 6) is -0.0442. The van der Waals surface area contributed by atoms with E-state index in [0.29, 0.717) is 25.9 Å². The lowest BCUT2D eigenvalue weighted by atomic mass is 9.93. The Hall–Kier alpha value is -3.18. The second kappa shape index (κ2) is 10.4. The van der Waals surface area contributed by atoms with Crippen LogP contribution in [0.3, 0.4) is 0 Å². The first kappa shape index (κ1) is 22.0. The number of fused-ring (bicyclic) bond motifs is 1. The van der Waals surface area contributed by atoms with Crippen molar-refractivity contribution in [2.75, 3.05) is 19.6 Å². The molecule has 0 fully saturated rings. The number of thiophene rings is 1. The van der Waals surface area contributed by atoms with Crippen molar-refractivity contribution in [3.63, 3.8) is 0 Å². The number of amides is 2. The Labute approximate surface area is 193 Å². The Morgan fingerprint density at radius 3 is 2.50 bits per heavy atom. The molecule has 164 valence electrons. The predicted molar refractivity (Wildman–Crippen MR) is 130 cm³/mol. The Bertz CT molecular complexity index is 1060. The molecule has 0 N–H and O–H groups in total. The SMILES string of the molecule is C=CCN(CC(=O)N1CCc2sccc2C1c1ccccc1)C(=O)CCc1ccccc1. The van der Waals surface area contributed by atoms with E-state index in [1.165, 1.54) is 10.4 Å². The molecule has 4 rings (SSSR count). The summed E-state index contributed by atoms with van der Waals surface area (Å²) in [6.45, 7) is 4.89. The maximum Gasteiger partial charge on any atom is 0.243 e. The molecule has 5 heteroatoms. The summed E-state index contributed by atoms with van der Waals surface area (Å²) in [4.78, 5) is 31.3. The number of nitrogens with zero attached hydrogens (tertiary/aromatic N) is 2. The van der Waals surface area contributed by atoms with Gasteiger partial charge < -0.3 is 9.80 Å². The third-order valence-corrected chi connectivity index (χ3v) is 6.90. The standard InChI is InChI=1S/C27H28N2O2S/c1-2-17-28(25(30)14-13-21-9-5-3-6-10-21)20-26(31)29-18-15-24-23(16-19-32-24)27(29)22-11-7-4-8-12-22/h2-12,16,19,27H,1,13-15,17-18,20H2. The van der Waals surface area contributed by atoms with E-state index in [9.17, 15) is 9.59 Å². The monoisotopic (exact) mass is 444 g/mol. The second-order valence-corrected chi connectivity index (χ2v) is 9.00. The predicted octanol–water partition coefficient (Wildman–Crippen LogP) is 4.87. The van der Waals surface area contributed by atoms with Gasteiger partial charge in [-0.1, -0.05) is 66.7 Å².